The van der Waals surface area contributed by atoms with Gasteiger partial charge in [-0.05, 0) is 77.8 Å². The summed E-state index contributed by atoms with van der Waals surface area (Å²) in [6, 6.07) is 11.9. The number of carbonyl (C=O) groups is 1. The zero-order valence-electron chi connectivity index (χ0n) is 20.4. The van der Waals surface area contributed by atoms with Crippen LogP contribution in [0.3, 0.4) is 0 Å². The summed E-state index contributed by atoms with van der Waals surface area (Å²) >= 11 is 0. The largest absolute Gasteiger partial charge is 0.497 e. The third-order valence-electron chi connectivity index (χ3n) is 6.66. The van der Waals surface area contributed by atoms with Crippen molar-refractivity contribution in [3.8, 4) is 29.1 Å². The second-order valence-electron chi connectivity index (χ2n) is 9.33. The molecule has 0 saturated carbocycles. The quantitative estimate of drug-likeness (QED) is 0.435. The summed E-state index contributed by atoms with van der Waals surface area (Å²) in [6.45, 7) is 5.57. The van der Waals surface area contributed by atoms with Gasteiger partial charge in [-0.25, -0.2) is 0 Å². The number of fused-ring (bicyclic) bond motifs is 2. The molecule has 5 heteroatoms. The van der Waals surface area contributed by atoms with Gasteiger partial charge in [-0.3, -0.25) is 9.69 Å². The van der Waals surface area contributed by atoms with Crippen LogP contribution >= 0.6 is 0 Å². The molecule has 3 aliphatic rings. The zero-order chi connectivity index (χ0) is 24.4. The molecule has 0 radical (unpaired) electrons. The van der Waals surface area contributed by atoms with Gasteiger partial charge in [0.05, 0.1) is 25.1 Å². The highest BCUT2D eigenvalue weighted by Gasteiger charge is 2.32. The van der Waals surface area contributed by atoms with Gasteiger partial charge < -0.3 is 14.2 Å². The van der Waals surface area contributed by atoms with Gasteiger partial charge in [0.1, 0.15) is 24.7 Å². The van der Waals surface area contributed by atoms with Crippen LogP contribution in [-0.4, -0.2) is 31.1 Å². The fourth-order valence-corrected chi connectivity index (χ4v) is 4.72. The van der Waals surface area contributed by atoms with Gasteiger partial charge >= 0.3 is 0 Å². The lowest BCUT2D eigenvalue weighted by atomic mass is 9.81. The summed E-state index contributed by atoms with van der Waals surface area (Å²) in [5.41, 5.74) is 11.0. The minimum Gasteiger partial charge on any atom is -0.497 e. The predicted molar refractivity (Wildman–Crippen MR) is 133 cm³/mol. The summed E-state index contributed by atoms with van der Waals surface area (Å²) in [5.74, 6) is 8.57. The molecule has 0 bridgehead atoms. The number of nitrogens with zero attached hydrogens (tertiary/aromatic N) is 1. The SMILES string of the molecule is COc1ccc2c(c1)C(C(=O)N(Cc1ccc3c(c1)OCCO3)C1=C=C=C(C(C)C)C#C1)CCC2. The number of hydrogen-bond donors (Lipinski definition) is 0. The summed E-state index contributed by atoms with van der Waals surface area (Å²) in [5, 5.41) is 0. The lowest BCUT2D eigenvalue weighted by Gasteiger charge is -2.31. The van der Waals surface area contributed by atoms with Crippen molar-refractivity contribution >= 4 is 5.91 Å². The van der Waals surface area contributed by atoms with Crippen LogP contribution in [0.25, 0.3) is 0 Å². The molecule has 5 rings (SSSR count). The molecule has 1 aliphatic heterocycles. The minimum atomic E-state index is -0.266. The Balaban J connectivity index is 1.53. The first-order valence-corrected chi connectivity index (χ1v) is 12.2. The average Bonchev–Trinajstić information content (AvgIpc) is 2.90. The second kappa shape index (κ2) is 9.80. The van der Waals surface area contributed by atoms with Gasteiger partial charge in [0.15, 0.2) is 11.5 Å². The van der Waals surface area contributed by atoms with Crippen LogP contribution in [0.1, 0.15) is 49.3 Å². The topological polar surface area (TPSA) is 48.0 Å². The number of allylic oxidation sites excluding steroid dienone is 2. The number of benzene rings is 2. The Morgan fingerprint density at radius 1 is 1.09 bits per heavy atom. The normalized spacial score (nSPS) is 17.5. The molecule has 178 valence electrons. The zero-order valence-corrected chi connectivity index (χ0v) is 20.4. The Hall–Kier alpha value is -3.83. The number of rotatable bonds is 6. The van der Waals surface area contributed by atoms with Crippen LogP contribution in [0, 0.1) is 17.8 Å². The Kier molecular flexibility index (Phi) is 6.43. The molecule has 2 aromatic carbocycles. The molecule has 0 spiro atoms. The second-order valence-corrected chi connectivity index (χ2v) is 9.33. The van der Waals surface area contributed by atoms with Gasteiger partial charge in [-0.2, -0.15) is 0 Å². The highest BCUT2D eigenvalue weighted by molar-refractivity contribution is 5.87. The van der Waals surface area contributed by atoms with Crippen molar-refractivity contribution in [2.75, 3.05) is 20.3 Å². The predicted octanol–water partition coefficient (Wildman–Crippen LogP) is 5.15. The van der Waals surface area contributed by atoms with E-state index < -0.39 is 0 Å². The molecule has 0 aromatic heterocycles. The summed E-state index contributed by atoms with van der Waals surface area (Å²) < 4.78 is 16.9. The van der Waals surface area contributed by atoms with Crippen molar-refractivity contribution in [2.45, 2.75) is 45.6 Å². The van der Waals surface area contributed by atoms with Crippen LogP contribution in [0.15, 0.2) is 59.1 Å². The molecule has 35 heavy (non-hydrogen) atoms. The lowest BCUT2D eigenvalue weighted by Crippen LogP contribution is -2.35. The molecule has 1 amide bonds. The molecule has 1 atom stereocenters. The van der Waals surface area contributed by atoms with E-state index in [9.17, 15) is 4.79 Å². The van der Waals surface area contributed by atoms with Gasteiger partial charge in [-0.15, -0.1) is 0 Å². The van der Waals surface area contributed by atoms with Crippen LogP contribution in [0.4, 0.5) is 0 Å². The fraction of sp³-hybridized carbons (Fsp3) is 0.367. The van der Waals surface area contributed by atoms with Crippen molar-refractivity contribution in [1.82, 2.24) is 4.90 Å². The molecule has 2 aromatic rings. The van der Waals surface area contributed by atoms with E-state index in [2.05, 4.69) is 43.2 Å². The van der Waals surface area contributed by atoms with Crippen molar-refractivity contribution in [2.24, 2.45) is 5.92 Å². The number of amides is 1. The first kappa shape index (κ1) is 22.9. The van der Waals surface area contributed by atoms with Crippen molar-refractivity contribution < 1.29 is 19.0 Å². The Morgan fingerprint density at radius 2 is 1.91 bits per heavy atom. The standard InChI is InChI=1S/C30H29NO4/c1-20(2)22-8-11-24(12-9-22)31(19-21-7-14-28-29(17-21)35-16-15-34-28)30(32)26-6-4-5-23-10-13-25(33-3)18-27(23)26/h7,10,13-14,17-18,20,26H,4-6,15-16,19H2,1-3H3. The Bertz CT molecular complexity index is 1330. The molecule has 0 N–H and O–H groups in total. The van der Waals surface area contributed by atoms with Crippen LogP contribution in [-0.2, 0) is 17.8 Å². The van der Waals surface area contributed by atoms with Gasteiger partial charge in [0.2, 0.25) is 5.91 Å². The highest BCUT2D eigenvalue weighted by Crippen LogP contribution is 2.37. The molecule has 1 heterocycles. The Morgan fingerprint density at radius 3 is 2.66 bits per heavy atom. The molecule has 1 unspecified atom stereocenters. The van der Waals surface area contributed by atoms with Crippen molar-refractivity contribution in [1.29, 1.82) is 0 Å². The number of aryl methyl sites for hydroxylation is 1. The smallest absolute Gasteiger partial charge is 0.235 e. The lowest BCUT2D eigenvalue weighted by molar-refractivity contribution is -0.131. The minimum absolute atomic E-state index is 0.0145. The van der Waals surface area contributed by atoms with E-state index in [0.717, 1.165) is 47.5 Å². The number of methoxy groups -OCH3 is 1. The maximum absolute atomic E-state index is 14.1. The van der Waals surface area contributed by atoms with E-state index >= 15 is 0 Å². The molecule has 0 saturated heterocycles. The number of carbonyl (C=O) groups excluding carboxylic acids is 1. The first-order valence-electron chi connectivity index (χ1n) is 12.2. The van der Waals surface area contributed by atoms with Crippen LogP contribution in [0.5, 0.6) is 17.2 Å². The third kappa shape index (κ3) is 4.73. The number of ether oxygens (including phenoxy) is 3. The van der Waals surface area contributed by atoms with E-state index in [1.165, 1.54) is 5.56 Å². The molecule has 0 fully saturated rings. The van der Waals surface area contributed by atoms with E-state index in [-0.39, 0.29) is 17.7 Å². The monoisotopic (exact) mass is 467 g/mol. The molecular weight excluding hydrogens is 438 g/mol. The highest BCUT2D eigenvalue weighted by atomic mass is 16.6. The maximum Gasteiger partial charge on any atom is 0.235 e. The number of hydrogen-bond acceptors (Lipinski definition) is 4. The van der Waals surface area contributed by atoms with Gasteiger partial charge in [0, 0.05) is 0 Å². The summed E-state index contributed by atoms with van der Waals surface area (Å²) in [7, 11) is 1.65. The van der Waals surface area contributed by atoms with E-state index in [1.54, 1.807) is 12.0 Å². The van der Waals surface area contributed by atoms with E-state index in [1.807, 2.05) is 30.3 Å². The van der Waals surface area contributed by atoms with Gasteiger partial charge in [0.25, 0.3) is 0 Å². The fourth-order valence-electron chi connectivity index (χ4n) is 4.72. The Labute approximate surface area is 206 Å². The summed E-state index contributed by atoms with van der Waals surface area (Å²) in [4.78, 5) is 15.9. The molecular formula is C30H29NO4. The molecule has 2 aliphatic carbocycles. The first-order chi connectivity index (χ1) is 17.0. The van der Waals surface area contributed by atoms with Crippen LogP contribution < -0.4 is 14.2 Å². The maximum atomic E-state index is 14.1. The van der Waals surface area contributed by atoms with E-state index in [4.69, 9.17) is 14.2 Å². The third-order valence-corrected chi connectivity index (χ3v) is 6.66. The molecule has 5 nitrogen and oxygen atoms in total. The average molecular weight is 468 g/mol. The van der Waals surface area contributed by atoms with Gasteiger partial charge in [-0.1, -0.05) is 37.6 Å². The van der Waals surface area contributed by atoms with Crippen molar-refractivity contribution in [3.63, 3.8) is 0 Å². The van der Waals surface area contributed by atoms with Crippen molar-refractivity contribution in [3.05, 3.63) is 75.8 Å². The summed E-state index contributed by atoms with van der Waals surface area (Å²) in [6.07, 6.45) is 2.72. The van der Waals surface area contributed by atoms with E-state index in [0.29, 0.717) is 31.2 Å². The van der Waals surface area contributed by atoms with Crippen LogP contribution in [0.2, 0.25) is 0 Å².